The van der Waals surface area contributed by atoms with E-state index in [-0.39, 0.29) is 51.0 Å². The van der Waals surface area contributed by atoms with Gasteiger partial charge in [0.15, 0.2) is 0 Å². The number of fused-ring (bicyclic) bond motifs is 2. The van der Waals surface area contributed by atoms with Crippen molar-refractivity contribution in [2.24, 2.45) is 11.8 Å². The Balaban J connectivity index is 1.43. The number of amides is 3. The zero-order valence-electron chi connectivity index (χ0n) is 29.5. The average Bonchev–Trinajstić information content (AvgIpc) is 3.79. The van der Waals surface area contributed by atoms with Crippen LogP contribution in [0.3, 0.4) is 0 Å². The van der Waals surface area contributed by atoms with Gasteiger partial charge in [-0.2, -0.15) is 0 Å². The summed E-state index contributed by atoms with van der Waals surface area (Å²) in [4.78, 5) is 62.4. The fourth-order valence-corrected chi connectivity index (χ4v) is 8.01. The van der Waals surface area contributed by atoms with E-state index >= 15 is 0 Å². The Morgan fingerprint density at radius 2 is 1.75 bits per heavy atom. The number of methoxy groups -OCH3 is 1. The fourth-order valence-electron chi connectivity index (χ4n) is 8.01. The number of rotatable bonds is 10. The first-order valence-electron chi connectivity index (χ1n) is 17.9. The molecule has 7 atom stereocenters. The summed E-state index contributed by atoms with van der Waals surface area (Å²) >= 11 is 0. The van der Waals surface area contributed by atoms with Crippen molar-refractivity contribution in [2.75, 3.05) is 56.3 Å². The number of carbonyl (C=O) groups excluding carboxylic acids is 4. The number of aliphatic hydroxyl groups is 1. The number of esters is 1. The molecule has 2 fully saturated rings. The van der Waals surface area contributed by atoms with Crippen molar-refractivity contribution in [1.29, 1.82) is 0 Å². The van der Waals surface area contributed by atoms with Gasteiger partial charge in [0.2, 0.25) is 11.8 Å². The van der Waals surface area contributed by atoms with Crippen LogP contribution < -0.4 is 15.1 Å². The van der Waals surface area contributed by atoms with Gasteiger partial charge in [-0.3, -0.25) is 19.2 Å². The van der Waals surface area contributed by atoms with Crippen LogP contribution in [0.1, 0.15) is 44.8 Å². The third-order valence-electron chi connectivity index (χ3n) is 10.4. The maximum absolute atomic E-state index is 15.0. The molecule has 2 aromatic carbocycles. The van der Waals surface area contributed by atoms with Gasteiger partial charge in [0.05, 0.1) is 24.7 Å². The number of likely N-dealkylation sites (tertiary alicyclic amines) is 1. The minimum absolute atomic E-state index is 0.0682. The van der Waals surface area contributed by atoms with Crippen LogP contribution in [0.5, 0.6) is 0 Å². The number of cyclic esters (lactones) is 1. The molecule has 6 rings (SSSR count). The molecular weight excluding hydrogens is 652 g/mol. The maximum atomic E-state index is 15.0. The highest BCUT2D eigenvalue weighted by molar-refractivity contribution is 6.05. The van der Waals surface area contributed by atoms with Crippen LogP contribution in [-0.2, 0) is 33.4 Å². The van der Waals surface area contributed by atoms with E-state index in [9.17, 15) is 24.3 Å². The lowest BCUT2D eigenvalue weighted by Gasteiger charge is -2.36. The lowest BCUT2D eigenvalue weighted by Crippen LogP contribution is -2.56. The molecule has 1 spiro atoms. The summed E-state index contributed by atoms with van der Waals surface area (Å²) in [6.07, 6.45) is 6.30. The first-order valence-corrected chi connectivity index (χ1v) is 17.9. The van der Waals surface area contributed by atoms with E-state index in [1.165, 1.54) is 12.0 Å². The van der Waals surface area contributed by atoms with E-state index in [1.54, 1.807) is 17.1 Å². The van der Waals surface area contributed by atoms with E-state index in [1.807, 2.05) is 66.7 Å². The molecule has 4 aliphatic rings. The van der Waals surface area contributed by atoms with Crippen molar-refractivity contribution < 1.29 is 38.5 Å². The normalized spacial score (nSPS) is 30.0. The van der Waals surface area contributed by atoms with Gasteiger partial charge >= 0.3 is 5.97 Å². The molecule has 0 aliphatic carbocycles. The average molecular weight is 701 g/mol. The Morgan fingerprint density at radius 3 is 2.43 bits per heavy atom. The van der Waals surface area contributed by atoms with Crippen LogP contribution in [0.2, 0.25) is 0 Å². The Morgan fingerprint density at radius 1 is 1.00 bits per heavy atom. The van der Waals surface area contributed by atoms with Crippen LogP contribution in [-0.4, -0.2) is 104 Å². The minimum atomic E-state index is -1.42. The standard InChI is InChI=1S/C39H48N4O8/c1-4-41(5-2)27-16-18-28(19-17-27)42-22-11-7-10-15-31(45)40-29(25-49-3)34(26-13-8-6-9-14-26)50-38(48)32-30-20-21-39(51-30)33(32)36(46)43(23-12-24-44)35(39)37(42)47/h6-9,11,13-14,16-21,29-30,32-35,44H,4-5,10,12,15,22-25H2,1-3H3,(H,40,45)/b11-7-/t29-,30+,32-,33-,34-,35+,39-/m1/s1. The van der Waals surface area contributed by atoms with Crippen LogP contribution in [0.4, 0.5) is 11.4 Å². The molecule has 0 saturated carbocycles. The Labute approximate surface area is 299 Å². The van der Waals surface area contributed by atoms with Gasteiger partial charge < -0.3 is 39.3 Å². The van der Waals surface area contributed by atoms with Crippen molar-refractivity contribution in [3.05, 3.63) is 84.5 Å². The largest absolute Gasteiger partial charge is 0.455 e. The summed E-state index contributed by atoms with van der Waals surface area (Å²) < 4.78 is 18.3. The number of carbonyl (C=O) groups is 4. The molecule has 2 aromatic rings. The number of ether oxygens (including phenoxy) is 3. The smallest absolute Gasteiger partial charge is 0.313 e. The van der Waals surface area contributed by atoms with Crippen molar-refractivity contribution in [1.82, 2.24) is 10.2 Å². The van der Waals surface area contributed by atoms with Gasteiger partial charge in [0.25, 0.3) is 5.91 Å². The van der Waals surface area contributed by atoms with Crippen molar-refractivity contribution in [3.63, 3.8) is 0 Å². The van der Waals surface area contributed by atoms with Gasteiger partial charge in [-0.25, -0.2) is 0 Å². The minimum Gasteiger partial charge on any atom is -0.455 e. The molecule has 3 amide bonds. The zero-order chi connectivity index (χ0) is 36.1. The summed E-state index contributed by atoms with van der Waals surface area (Å²) in [5, 5.41) is 12.8. The highest BCUT2D eigenvalue weighted by Crippen LogP contribution is 2.56. The quantitative estimate of drug-likeness (QED) is 0.283. The molecule has 0 unspecified atom stereocenters. The topological polar surface area (TPSA) is 138 Å². The summed E-state index contributed by atoms with van der Waals surface area (Å²) in [5.41, 5.74) is 0.881. The second-order valence-electron chi connectivity index (χ2n) is 13.4. The fraction of sp³-hybridized carbons (Fsp3) is 0.487. The molecule has 2 saturated heterocycles. The predicted molar refractivity (Wildman–Crippen MR) is 191 cm³/mol. The van der Waals surface area contributed by atoms with Gasteiger partial charge in [0, 0.05) is 57.7 Å². The second-order valence-corrected chi connectivity index (χ2v) is 13.4. The number of nitrogens with one attached hydrogen (secondary N) is 1. The highest BCUT2D eigenvalue weighted by Gasteiger charge is 2.73. The van der Waals surface area contributed by atoms with Gasteiger partial charge in [0.1, 0.15) is 23.7 Å². The Bertz CT molecular complexity index is 1630. The van der Waals surface area contributed by atoms with E-state index < -0.39 is 53.6 Å². The number of benzene rings is 2. The third kappa shape index (κ3) is 6.92. The Kier molecular flexibility index (Phi) is 11.2. The third-order valence-corrected chi connectivity index (χ3v) is 10.4. The van der Waals surface area contributed by atoms with Crippen molar-refractivity contribution in [2.45, 2.75) is 63.0 Å². The zero-order valence-corrected chi connectivity index (χ0v) is 29.5. The van der Waals surface area contributed by atoms with Crippen molar-refractivity contribution >= 4 is 35.1 Å². The first-order chi connectivity index (χ1) is 24.8. The molecule has 0 radical (unpaired) electrons. The Hall–Kier alpha value is -4.52. The maximum Gasteiger partial charge on any atom is 0.313 e. The van der Waals surface area contributed by atoms with E-state index in [0.717, 1.165) is 18.8 Å². The second kappa shape index (κ2) is 15.8. The van der Waals surface area contributed by atoms with Crippen molar-refractivity contribution in [3.8, 4) is 0 Å². The molecule has 4 aliphatic heterocycles. The number of aliphatic hydroxyl groups excluding tert-OH is 1. The van der Waals surface area contributed by atoms with Crippen LogP contribution in [0.15, 0.2) is 78.9 Å². The molecule has 4 heterocycles. The first kappa shape index (κ1) is 36.3. The van der Waals surface area contributed by atoms with E-state index in [4.69, 9.17) is 14.2 Å². The highest BCUT2D eigenvalue weighted by atomic mass is 16.6. The summed E-state index contributed by atoms with van der Waals surface area (Å²) in [6, 6.07) is 15.0. The summed E-state index contributed by atoms with van der Waals surface area (Å²) in [7, 11) is 1.51. The number of hydrogen-bond acceptors (Lipinski definition) is 9. The number of anilines is 2. The van der Waals surface area contributed by atoms with Gasteiger partial charge in [-0.1, -0.05) is 54.6 Å². The van der Waals surface area contributed by atoms with E-state index in [2.05, 4.69) is 24.1 Å². The van der Waals surface area contributed by atoms with Crippen LogP contribution >= 0.6 is 0 Å². The predicted octanol–water partition coefficient (Wildman–Crippen LogP) is 3.16. The SMILES string of the molecule is CCN(CC)c1ccc(N2C/C=C\CCC(=O)N[C@H](COC)[C@@H](c3ccccc3)OC(=O)[C@@H]3[C@@H]4C=C[C@]5(O4)[C@H](C2=O)N(CCCO)C(=O)[C@@H]35)cc1. The van der Waals surface area contributed by atoms with Gasteiger partial charge in [-0.15, -0.1) is 0 Å². The number of nitrogens with zero attached hydrogens (tertiary/aromatic N) is 3. The van der Waals surface area contributed by atoms with Crippen LogP contribution in [0, 0.1) is 11.8 Å². The molecule has 51 heavy (non-hydrogen) atoms. The number of allylic oxidation sites excluding steroid dienone is 1. The lowest BCUT2D eigenvalue weighted by atomic mass is 9.74. The summed E-state index contributed by atoms with van der Waals surface area (Å²) in [5.74, 6) is -3.76. The monoisotopic (exact) mass is 700 g/mol. The lowest BCUT2D eigenvalue weighted by molar-refractivity contribution is -0.162. The molecule has 12 heteroatoms. The molecule has 5 bridgehead atoms. The molecule has 2 N–H and O–H groups in total. The molecule has 0 aromatic heterocycles. The molecule has 272 valence electrons. The molecule has 12 nitrogen and oxygen atoms in total. The summed E-state index contributed by atoms with van der Waals surface area (Å²) in [6.45, 7) is 5.99. The number of hydrogen-bond donors (Lipinski definition) is 2. The molecular formula is C39H48N4O8. The van der Waals surface area contributed by atoms with Crippen LogP contribution in [0.25, 0.3) is 0 Å². The van der Waals surface area contributed by atoms with Gasteiger partial charge in [-0.05, 0) is 56.5 Å². The van der Waals surface area contributed by atoms with E-state index in [0.29, 0.717) is 17.7 Å².